The van der Waals surface area contributed by atoms with Gasteiger partial charge in [-0.25, -0.2) is 9.97 Å². The average Bonchev–Trinajstić information content (AvgIpc) is 3.87. The molecule has 4 heteroatoms. The summed E-state index contributed by atoms with van der Waals surface area (Å²) in [5.41, 5.74) is 16.1. The molecule has 0 radical (unpaired) electrons. The first-order chi connectivity index (χ1) is 30.8. The second kappa shape index (κ2) is 14.7. The minimum Gasteiger partial charge on any atom is -0.309 e. The van der Waals surface area contributed by atoms with Gasteiger partial charge in [0.15, 0.2) is 5.82 Å². The van der Waals surface area contributed by atoms with E-state index in [9.17, 15) is 0 Å². The van der Waals surface area contributed by atoms with Crippen LogP contribution < -0.4 is 0 Å². The molecule has 0 spiro atoms. The van der Waals surface area contributed by atoms with Crippen molar-refractivity contribution in [2.45, 2.75) is 0 Å². The molecular formula is C58H38N4. The molecule has 0 fully saturated rings. The zero-order valence-corrected chi connectivity index (χ0v) is 33.7. The summed E-state index contributed by atoms with van der Waals surface area (Å²) < 4.78 is 4.96. The van der Waals surface area contributed by atoms with Crippen LogP contribution in [0.25, 0.3) is 111 Å². The van der Waals surface area contributed by atoms with Crippen molar-refractivity contribution in [2.75, 3.05) is 0 Å². The third-order valence-electron chi connectivity index (χ3n) is 12.1. The van der Waals surface area contributed by atoms with Crippen molar-refractivity contribution >= 4 is 43.6 Å². The second-order valence-corrected chi connectivity index (χ2v) is 15.7. The minimum absolute atomic E-state index is 0.689. The molecule has 0 N–H and O–H groups in total. The lowest BCUT2D eigenvalue weighted by atomic mass is 9.91. The predicted octanol–water partition coefficient (Wildman–Crippen LogP) is 15.0. The van der Waals surface area contributed by atoms with E-state index in [0.717, 1.165) is 72.7 Å². The van der Waals surface area contributed by atoms with Crippen LogP contribution in [0, 0.1) is 0 Å². The number of hydrogen-bond donors (Lipinski definition) is 0. The Morgan fingerprint density at radius 3 is 1.37 bits per heavy atom. The van der Waals surface area contributed by atoms with E-state index in [4.69, 9.17) is 9.97 Å². The highest BCUT2D eigenvalue weighted by atomic mass is 15.0. The number of fused-ring (bicyclic) bond motifs is 7. The molecule has 9 aromatic carbocycles. The molecule has 0 amide bonds. The maximum atomic E-state index is 5.33. The molecule has 0 aliphatic carbocycles. The Hall–Kier alpha value is -8.34. The number of para-hydroxylation sites is 3. The van der Waals surface area contributed by atoms with Crippen molar-refractivity contribution in [2.24, 2.45) is 0 Å². The standard InChI is InChI=1S/C58H38N4/c1-6-20-39(21-7-1)48-36-43(51-38-50(41-24-10-3-11-25-41)59-58(60-51)42-26-12-4-13-27-42)37-49(40-22-8-2-9-23-40)56(48)62-53-33-19-17-31-47(53)55-54(62)35-34-46-45-30-16-18-32-52(45)61(57(46)55)44-28-14-5-15-29-44/h1-38H. The first-order valence-electron chi connectivity index (χ1n) is 21.1. The Labute approximate surface area is 359 Å². The van der Waals surface area contributed by atoms with Gasteiger partial charge in [0, 0.05) is 55.0 Å². The molecule has 3 aromatic heterocycles. The summed E-state index contributed by atoms with van der Waals surface area (Å²) in [4.78, 5) is 10.5. The highest BCUT2D eigenvalue weighted by Crippen LogP contribution is 2.47. The lowest BCUT2D eigenvalue weighted by molar-refractivity contribution is 1.17. The summed E-state index contributed by atoms with van der Waals surface area (Å²) in [6.07, 6.45) is 0. The van der Waals surface area contributed by atoms with Crippen LogP contribution in [0.5, 0.6) is 0 Å². The second-order valence-electron chi connectivity index (χ2n) is 15.7. The molecule has 12 aromatic rings. The number of benzene rings is 9. The number of rotatable bonds is 7. The van der Waals surface area contributed by atoms with Crippen molar-refractivity contribution in [3.05, 3.63) is 231 Å². The van der Waals surface area contributed by atoms with Gasteiger partial charge in [-0.05, 0) is 59.7 Å². The highest BCUT2D eigenvalue weighted by Gasteiger charge is 2.25. The maximum absolute atomic E-state index is 5.33. The molecule has 0 saturated carbocycles. The van der Waals surface area contributed by atoms with Crippen molar-refractivity contribution in [1.82, 2.24) is 19.1 Å². The van der Waals surface area contributed by atoms with Crippen molar-refractivity contribution in [1.29, 1.82) is 0 Å². The van der Waals surface area contributed by atoms with E-state index in [-0.39, 0.29) is 0 Å². The fraction of sp³-hybridized carbons (Fsp3) is 0. The quantitative estimate of drug-likeness (QED) is 0.161. The van der Waals surface area contributed by atoms with Crippen LogP contribution in [0.3, 0.4) is 0 Å². The van der Waals surface area contributed by atoms with E-state index in [0.29, 0.717) is 5.82 Å². The summed E-state index contributed by atoms with van der Waals surface area (Å²) in [5.74, 6) is 0.689. The summed E-state index contributed by atoms with van der Waals surface area (Å²) in [6, 6.07) is 82.2. The van der Waals surface area contributed by atoms with Crippen LogP contribution in [0.1, 0.15) is 0 Å². The van der Waals surface area contributed by atoms with Gasteiger partial charge in [0.1, 0.15) is 0 Å². The molecule has 3 heterocycles. The van der Waals surface area contributed by atoms with Gasteiger partial charge in [-0.1, -0.05) is 182 Å². The average molecular weight is 791 g/mol. The summed E-state index contributed by atoms with van der Waals surface area (Å²) in [7, 11) is 0. The first kappa shape index (κ1) is 35.6. The SMILES string of the molecule is c1ccc(-c2cc(-c3cc(-c4ccccc4)c(-n4c5ccccc5c5c4ccc4c6ccccc6n(-c6ccccc6)c45)c(-c4ccccc4)c3)nc(-c3ccccc3)n2)cc1. The number of aromatic nitrogens is 4. The zero-order valence-electron chi connectivity index (χ0n) is 33.7. The maximum Gasteiger partial charge on any atom is 0.160 e. The Bertz CT molecular complexity index is 3470. The monoisotopic (exact) mass is 790 g/mol. The molecule has 290 valence electrons. The van der Waals surface area contributed by atoms with Crippen LogP contribution >= 0.6 is 0 Å². The van der Waals surface area contributed by atoms with Gasteiger partial charge >= 0.3 is 0 Å². The van der Waals surface area contributed by atoms with Gasteiger partial charge in [-0.3, -0.25) is 0 Å². The molecule has 0 aliphatic heterocycles. The number of hydrogen-bond acceptors (Lipinski definition) is 2. The van der Waals surface area contributed by atoms with Gasteiger partial charge < -0.3 is 9.13 Å². The normalized spacial score (nSPS) is 11.5. The summed E-state index contributed by atoms with van der Waals surface area (Å²) in [5, 5.41) is 4.88. The van der Waals surface area contributed by atoms with E-state index in [2.05, 4.69) is 215 Å². The van der Waals surface area contributed by atoms with E-state index in [1.165, 1.54) is 32.6 Å². The predicted molar refractivity (Wildman–Crippen MR) is 258 cm³/mol. The summed E-state index contributed by atoms with van der Waals surface area (Å²) in [6.45, 7) is 0. The minimum atomic E-state index is 0.689. The third-order valence-corrected chi connectivity index (χ3v) is 12.1. The van der Waals surface area contributed by atoms with Gasteiger partial charge in [-0.2, -0.15) is 0 Å². The fourth-order valence-electron chi connectivity index (χ4n) is 9.36. The van der Waals surface area contributed by atoms with Crippen molar-refractivity contribution in [3.63, 3.8) is 0 Å². The van der Waals surface area contributed by atoms with Crippen molar-refractivity contribution in [3.8, 4) is 67.5 Å². The fourth-order valence-corrected chi connectivity index (χ4v) is 9.36. The Morgan fingerprint density at radius 1 is 0.306 bits per heavy atom. The topological polar surface area (TPSA) is 35.6 Å². The smallest absolute Gasteiger partial charge is 0.160 e. The molecule has 0 bridgehead atoms. The molecule has 4 nitrogen and oxygen atoms in total. The van der Waals surface area contributed by atoms with E-state index >= 15 is 0 Å². The first-order valence-corrected chi connectivity index (χ1v) is 21.1. The molecule has 0 unspecified atom stereocenters. The molecule has 62 heavy (non-hydrogen) atoms. The molecular weight excluding hydrogens is 753 g/mol. The molecule has 12 rings (SSSR count). The lowest BCUT2D eigenvalue weighted by Crippen LogP contribution is -2.03. The van der Waals surface area contributed by atoms with E-state index < -0.39 is 0 Å². The lowest BCUT2D eigenvalue weighted by Gasteiger charge is -2.21. The Kier molecular flexibility index (Phi) is 8.46. The van der Waals surface area contributed by atoms with Gasteiger partial charge in [0.25, 0.3) is 0 Å². The van der Waals surface area contributed by atoms with Gasteiger partial charge in [0.2, 0.25) is 0 Å². The highest BCUT2D eigenvalue weighted by molar-refractivity contribution is 6.26. The van der Waals surface area contributed by atoms with Crippen LogP contribution in [0.15, 0.2) is 231 Å². The largest absolute Gasteiger partial charge is 0.309 e. The number of nitrogens with zero attached hydrogens (tertiary/aromatic N) is 4. The van der Waals surface area contributed by atoms with E-state index in [1.54, 1.807) is 0 Å². The molecule has 0 saturated heterocycles. The van der Waals surface area contributed by atoms with E-state index in [1.807, 2.05) is 24.3 Å². The van der Waals surface area contributed by atoms with Crippen molar-refractivity contribution < 1.29 is 0 Å². The van der Waals surface area contributed by atoms with Crippen LogP contribution in [0.4, 0.5) is 0 Å². The van der Waals surface area contributed by atoms with Crippen LogP contribution in [-0.4, -0.2) is 19.1 Å². The van der Waals surface area contributed by atoms with Gasteiger partial charge in [0.05, 0.1) is 39.1 Å². The molecule has 0 aliphatic rings. The zero-order chi connectivity index (χ0) is 41.0. The van der Waals surface area contributed by atoms with Gasteiger partial charge in [-0.15, -0.1) is 0 Å². The van der Waals surface area contributed by atoms with Crippen LogP contribution in [0.2, 0.25) is 0 Å². The molecule has 0 atom stereocenters. The van der Waals surface area contributed by atoms with Crippen LogP contribution in [-0.2, 0) is 0 Å². The Balaban J connectivity index is 1.22. The Morgan fingerprint density at radius 2 is 0.774 bits per heavy atom. The summed E-state index contributed by atoms with van der Waals surface area (Å²) >= 11 is 0. The third kappa shape index (κ3) is 5.84.